The number of Topliss-reactive ketones (excluding diaryl/α,β-unsaturated/α-hetero) is 1. The Morgan fingerprint density at radius 3 is 2.41 bits per heavy atom. The second kappa shape index (κ2) is 4.86. The molecule has 0 saturated heterocycles. The standard InChI is InChI=1S/C13H8Cl2O2/c14-12(15)6-5-8-7-11(16)9-3-1-2-4-10(9)13(8)17/h1-4,6-7H,5H2. The lowest BCUT2D eigenvalue weighted by atomic mass is 9.88. The predicted molar refractivity (Wildman–Crippen MR) is 67.6 cm³/mol. The molecule has 17 heavy (non-hydrogen) atoms. The molecule has 1 aromatic carbocycles. The lowest BCUT2D eigenvalue weighted by molar-refractivity contribution is 0.0983. The number of rotatable bonds is 2. The van der Waals surface area contributed by atoms with E-state index in [0.717, 1.165) is 0 Å². The number of benzene rings is 1. The molecule has 0 aliphatic heterocycles. The summed E-state index contributed by atoms with van der Waals surface area (Å²) >= 11 is 11.0. The van der Waals surface area contributed by atoms with Crippen LogP contribution in [-0.2, 0) is 0 Å². The van der Waals surface area contributed by atoms with Gasteiger partial charge in [0.1, 0.15) is 4.49 Å². The Kier molecular flexibility index (Phi) is 3.46. The number of carbonyl (C=O) groups excluding carboxylic acids is 2. The molecule has 0 heterocycles. The van der Waals surface area contributed by atoms with Gasteiger partial charge in [0, 0.05) is 16.7 Å². The summed E-state index contributed by atoms with van der Waals surface area (Å²) in [5.41, 5.74) is 1.30. The van der Waals surface area contributed by atoms with Gasteiger partial charge in [-0.3, -0.25) is 9.59 Å². The van der Waals surface area contributed by atoms with Crippen LogP contribution in [0.1, 0.15) is 27.1 Å². The first-order valence-electron chi connectivity index (χ1n) is 4.99. The lowest BCUT2D eigenvalue weighted by Gasteiger charge is -2.13. The summed E-state index contributed by atoms with van der Waals surface area (Å²) in [4.78, 5) is 23.8. The van der Waals surface area contributed by atoms with Crippen molar-refractivity contribution in [3.8, 4) is 0 Å². The number of halogens is 2. The molecule has 1 aliphatic carbocycles. The molecule has 0 unspecified atom stereocenters. The van der Waals surface area contributed by atoms with Crippen molar-refractivity contribution in [1.82, 2.24) is 0 Å². The molecule has 0 fully saturated rings. The normalized spacial score (nSPS) is 14.1. The minimum atomic E-state index is -0.158. The molecule has 1 aliphatic rings. The fourth-order valence-corrected chi connectivity index (χ4v) is 1.86. The van der Waals surface area contributed by atoms with E-state index < -0.39 is 0 Å². The first-order valence-corrected chi connectivity index (χ1v) is 5.75. The summed E-state index contributed by atoms with van der Waals surface area (Å²) in [6.07, 6.45) is 3.10. The summed E-state index contributed by atoms with van der Waals surface area (Å²) in [6, 6.07) is 6.76. The Balaban J connectivity index is 2.38. The van der Waals surface area contributed by atoms with Crippen LogP contribution >= 0.6 is 23.2 Å². The maximum atomic E-state index is 12.0. The van der Waals surface area contributed by atoms with Crippen molar-refractivity contribution in [2.45, 2.75) is 6.42 Å². The van der Waals surface area contributed by atoms with Gasteiger partial charge in [0.2, 0.25) is 0 Å². The highest BCUT2D eigenvalue weighted by Gasteiger charge is 2.23. The second-order valence-corrected chi connectivity index (χ2v) is 4.61. The zero-order chi connectivity index (χ0) is 12.4. The van der Waals surface area contributed by atoms with Gasteiger partial charge in [-0.25, -0.2) is 0 Å². The fraction of sp³-hybridized carbons (Fsp3) is 0.0769. The van der Waals surface area contributed by atoms with Crippen LogP contribution in [0.4, 0.5) is 0 Å². The van der Waals surface area contributed by atoms with Gasteiger partial charge in [0.05, 0.1) is 0 Å². The molecule has 0 bridgehead atoms. The maximum Gasteiger partial charge on any atom is 0.190 e. The van der Waals surface area contributed by atoms with Crippen LogP contribution in [0, 0.1) is 0 Å². The van der Waals surface area contributed by atoms with Crippen molar-refractivity contribution in [1.29, 1.82) is 0 Å². The Hall–Kier alpha value is -1.38. The number of hydrogen-bond donors (Lipinski definition) is 0. The molecular formula is C13H8Cl2O2. The number of fused-ring (bicyclic) bond motifs is 1. The van der Waals surface area contributed by atoms with E-state index in [4.69, 9.17) is 23.2 Å². The molecule has 0 N–H and O–H groups in total. The monoisotopic (exact) mass is 266 g/mol. The van der Waals surface area contributed by atoms with E-state index in [-0.39, 0.29) is 22.5 Å². The Labute approximate surface area is 109 Å². The van der Waals surface area contributed by atoms with Crippen molar-refractivity contribution < 1.29 is 9.59 Å². The summed E-state index contributed by atoms with van der Waals surface area (Å²) in [6.45, 7) is 0. The third-order valence-electron chi connectivity index (χ3n) is 2.51. The van der Waals surface area contributed by atoms with Crippen LogP contribution in [-0.4, -0.2) is 11.6 Å². The van der Waals surface area contributed by atoms with Crippen molar-refractivity contribution in [2.24, 2.45) is 0 Å². The van der Waals surface area contributed by atoms with Gasteiger partial charge in [0.15, 0.2) is 11.6 Å². The Bertz CT molecular complexity index is 552. The van der Waals surface area contributed by atoms with E-state index in [9.17, 15) is 9.59 Å². The number of ketones is 2. The SMILES string of the molecule is O=C1C=C(CC=C(Cl)Cl)C(=O)c2ccccc21. The molecule has 0 radical (unpaired) electrons. The van der Waals surface area contributed by atoms with Crippen molar-refractivity contribution in [2.75, 3.05) is 0 Å². The zero-order valence-electron chi connectivity index (χ0n) is 8.74. The maximum absolute atomic E-state index is 12.0. The van der Waals surface area contributed by atoms with E-state index in [2.05, 4.69) is 0 Å². The number of allylic oxidation sites excluding steroid dienone is 3. The second-order valence-electron chi connectivity index (χ2n) is 3.61. The van der Waals surface area contributed by atoms with Crippen LogP contribution < -0.4 is 0 Å². The van der Waals surface area contributed by atoms with Crippen LogP contribution in [0.3, 0.4) is 0 Å². The summed E-state index contributed by atoms with van der Waals surface area (Å²) < 4.78 is 0.0880. The van der Waals surface area contributed by atoms with E-state index in [1.54, 1.807) is 24.3 Å². The third kappa shape index (κ3) is 2.48. The van der Waals surface area contributed by atoms with E-state index in [1.165, 1.54) is 12.2 Å². The van der Waals surface area contributed by atoms with Crippen LogP contribution in [0.2, 0.25) is 0 Å². The topological polar surface area (TPSA) is 34.1 Å². The minimum absolute atomic E-state index is 0.0880. The van der Waals surface area contributed by atoms with Gasteiger partial charge in [-0.05, 0) is 18.6 Å². The van der Waals surface area contributed by atoms with Gasteiger partial charge in [-0.1, -0.05) is 47.5 Å². The van der Waals surface area contributed by atoms with Crippen LogP contribution in [0.25, 0.3) is 0 Å². The van der Waals surface area contributed by atoms with Gasteiger partial charge in [-0.2, -0.15) is 0 Å². The molecule has 0 spiro atoms. The average Bonchev–Trinajstić information content (AvgIpc) is 2.32. The highest BCUT2D eigenvalue weighted by Crippen LogP contribution is 2.24. The molecule has 4 heteroatoms. The number of hydrogen-bond acceptors (Lipinski definition) is 2. The quantitative estimate of drug-likeness (QED) is 0.818. The molecule has 1 aromatic rings. The summed E-state index contributed by atoms with van der Waals surface area (Å²) in [5, 5.41) is 0. The molecular weight excluding hydrogens is 259 g/mol. The molecule has 0 atom stereocenters. The molecule has 0 saturated carbocycles. The van der Waals surface area contributed by atoms with Gasteiger partial charge in [-0.15, -0.1) is 0 Å². The van der Waals surface area contributed by atoms with Gasteiger partial charge >= 0.3 is 0 Å². The van der Waals surface area contributed by atoms with E-state index in [0.29, 0.717) is 16.7 Å². The highest BCUT2D eigenvalue weighted by molar-refractivity contribution is 6.55. The molecule has 2 rings (SSSR count). The van der Waals surface area contributed by atoms with Crippen LogP contribution in [0.15, 0.2) is 46.5 Å². The van der Waals surface area contributed by atoms with Crippen molar-refractivity contribution in [3.05, 3.63) is 57.6 Å². The van der Waals surface area contributed by atoms with E-state index >= 15 is 0 Å². The van der Waals surface area contributed by atoms with Gasteiger partial charge in [0.25, 0.3) is 0 Å². The predicted octanol–water partition coefficient (Wildman–Crippen LogP) is 3.70. The third-order valence-corrected chi connectivity index (χ3v) is 2.82. The van der Waals surface area contributed by atoms with Crippen molar-refractivity contribution >= 4 is 34.8 Å². The largest absolute Gasteiger partial charge is 0.289 e. The molecule has 86 valence electrons. The van der Waals surface area contributed by atoms with Gasteiger partial charge < -0.3 is 0 Å². The Morgan fingerprint density at radius 1 is 1.12 bits per heavy atom. The first-order chi connectivity index (χ1) is 8.09. The minimum Gasteiger partial charge on any atom is -0.289 e. The number of carbonyl (C=O) groups is 2. The average molecular weight is 267 g/mol. The lowest BCUT2D eigenvalue weighted by Crippen LogP contribution is -2.16. The van der Waals surface area contributed by atoms with E-state index in [1.807, 2.05) is 0 Å². The smallest absolute Gasteiger partial charge is 0.190 e. The molecule has 0 amide bonds. The molecule has 0 aromatic heterocycles. The zero-order valence-corrected chi connectivity index (χ0v) is 10.3. The van der Waals surface area contributed by atoms with Crippen molar-refractivity contribution in [3.63, 3.8) is 0 Å². The summed E-state index contributed by atoms with van der Waals surface area (Å²) in [5.74, 6) is -0.305. The van der Waals surface area contributed by atoms with Crippen LogP contribution in [0.5, 0.6) is 0 Å². The fourth-order valence-electron chi connectivity index (χ4n) is 1.71. The highest BCUT2D eigenvalue weighted by atomic mass is 35.5. The first kappa shape index (κ1) is 12.1. The molecule has 2 nitrogen and oxygen atoms in total. The summed E-state index contributed by atoms with van der Waals surface area (Å²) in [7, 11) is 0. The Morgan fingerprint density at radius 2 is 1.76 bits per heavy atom.